The van der Waals surface area contributed by atoms with E-state index >= 15 is 0 Å². The first kappa shape index (κ1) is 19.4. The zero-order chi connectivity index (χ0) is 15.4. The molecule has 7 nitrogen and oxygen atoms in total. The van der Waals surface area contributed by atoms with Crippen molar-refractivity contribution in [1.29, 1.82) is 0 Å². The number of ether oxygens (including phenoxy) is 3. The van der Waals surface area contributed by atoms with E-state index < -0.39 is 24.0 Å². The fraction of sp³-hybridized carbons (Fsp3) is 0.667. The highest BCUT2D eigenvalue weighted by molar-refractivity contribution is 5.72. The van der Waals surface area contributed by atoms with Gasteiger partial charge in [0.1, 0.15) is 19.0 Å². The number of Topliss-reactive ketones (excluding diaryl/α,β-unsaturated/α-hetero) is 1. The van der Waals surface area contributed by atoms with Gasteiger partial charge in [-0.1, -0.05) is 0 Å². The van der Waals surface area contributed by atoms with Crippen LogP contribution >= 0.6 is 0 Å². The fourth-order valence-electron chi connectivity index (χ4n) is 0.771. The van der Waals surface area contributed by atoms with E-state index in [9.17, 15) is 19.2 Å². The Morgan fingerprint density at radius 3 is 1.26 bits per heavy atom. The first-order valence-electron chi connectivity index (χ1n) is 5.56. The molecule has 0 bridgehead atoms. The van der Waals surface area contributed by atoms with Crippen LogP contribution in [-0.2, 0) is 33.4 Å². The minimum Gasteiger partial charge on any atom is -0.462 e. The third-order valence-electron chi connectivity index (χ3n) is 1.28. The molecule has 0 heterocycles. The molecule has 7 heteroatoms. The van der Waals surface area contributed by atoms with Gasteiger partial charge in [0.05, 0.1) is 0 Å². The van der Waals surface area contributed by atoms with E-state index in [1.165, 1.54) is 34.6 Å². The van der Waals surface area contributed by atoms with Crippen LogP contribution in [0, 0.1) is 0 Å². The normalized spacial score (nSPS) is 8.95. The maximum Gasteiger partial charge on any atom is 0.303 e. The van der Waals surface area contributed by atoms with Crippen LogP contribution in [0.2, 0.25) is 0 Å². The highest BCUT2D eigenvalue weighted by Gasteiger charge is 2.15. The van der Waals surface area contributed by atoms with Gasteiger partial charge in [0.2, 0.25) is 0 Å². The van der Waals surface area contributed by atoms with Crippen molar-refractivity contribution < 1.29 is 33.4 Å². The summed E-state index contributed by atoms with van der Waals surface area (Å²) in [5, 5.41) is 0. The van der Waals surface area contributed by atoms with Crippen LogP contribution in [0.3, 0.4) is 0 Å². The van der Waals surface area contributed by atoms with Crippen molar-refractivity contribution in [2.24, 2.45) is 0 Å². The largest absolute Gasteiger partial charge is 0.462 e. The molecule has 0 atom stereocenters. The van der Waals surface area contributed by atoms with E-state index in [0.29, 0.717) is 0 Å². The van der Waals surface area contributed by atoms with Gasteiger partial charge < -0.3 is 19.0 Å². The van der Waals surface area contributed by atoms with Crippen LogP contribution in [-0.4, -0.2) is 43.0 Å². The van der Waals surface area contributed by atoms with Crippen molar-refractivity contribution in [1.82, 2.24) is 0 Å². The van der Waals surface area contributed by atoms with Gasteiger partial charge in [0.25, 0.3) is 0 Å². The quantitative estimate of drug-likeness (QED) is 0.537. The van der Waals surface area contributed by atoms with Gasteiger partial charge in [-0.25, -0.2) is 0 Å². The molecule has 0 saturated heterocycles. The molecule has 110 valence electrons. The highest BCUT2D eigenvalue weighted by Crippen LogP contribution is 1.97. The predicted octanol–water partition coefficient (Wildman–Crippen LogP) is 0.640. The van der Waals surface area contributed by atoms with Crippen LogP contribution in [0.25, 0.3) is 0 Å². The molecule has 0 aliphatic rings. The standard InChI is InChI=1S/C9H14O6.C3H6O/c1-6(10)13-4-9(15-8(3)12)5-14-7(2)11;1-3(2)4/h9H,4-5H2,1-3H3;1-2H3. The number of esters is 3. The van der Waals surface area contributed by atoms with Gasteiger partial charge in [-0.05, 0) is 13.8 Å². The minimum absolute atomic E-state index is 0.123. The zero-order valence-corrected chi connectivity index (χ0v) is 11.8. The van der Waals surface area contributed by atoms with E-state index in [0.717, 1.165) is 0 Å². The molecule has 0 aromatic rings. The Bertz CT molecular complexity index is 300. The molecule has 0 amide bonds. The third-order valence-corrected chi connectivity index (χ3v) is 1.28. The average molecular weight is 276 g/mol. The molecule has 0 unspecified atom stereocenters. The number of carbonyl (C=O) groups excluding carboxylic acids is 4. The van der Waals surface area contributed by atoms with E-state index in [4.69, 9.17) is 4.74 Å². The molecule has 0 rings (SSSR count). The number of ketones is 1. The van der Waals surface area contributed by atoms with Gasteiger partial charge in [0, 0.05) is 20.8 Å². The molecule has 0 fully saturated rings. The molecule has 0 aliphatic carbocycles. The molecule has 19 heavy (non-hydrogen) atoms. The van der Waals surface area contributed by atoms with Crippen molar-refractivity contribution in [3.8, 4) is 0 Å². The third kappa shape index (κ3) is 21.8. The second-order valence-corrected chi connectivity index (χ2v) is 3.74. The SMILES string of the molecule is CC(=O)OCC(COC(C)=O)OC(C)=O.CC(C)=O. The first-order chi connectivity index (χ1) is 8.65. The highest BCUT2D eigenvalue weighted by atomic mass is 16.6. The first-order valence-corrected chi connectivity index (χ1v) is 5.56. The molecular weight excluding hydrogens is 256 g/mol. The summed E-state index contributed by atoms with van der Waals surface area (Å²) in [4.78, 5) is 41.1. The topological polar surface area (TPSA) is 96.0 Å². The van der Waals surface area contributed by atoms with E-state index in [1.807, 2.05) is 0 Å². The lowest BCUT2D eigenvalue weighted by Gasteiger charge is -2.15. The monoisotopic (exact) mass is 276 g/mol. The van der Waals surface area contributed by atoms with Gasteiger partial charge >= 0.3 is 17.9 Å². The summed E-state index contributed by atoms with van der Waals surface area (Å²) in [5.41, 5.74) is 0. The number of carbonyl (C=O) groups is 4. The molecule has 0 aromatic heterocycles. The number of rotatable bonds is 5. The Balaban J connectivity index is 0. The Hall–Kier alpha value is -1.92. The van der Waals surface area contributed by atoms with E-state index in [2.05, 4.69) is 9.47 Å². The Morgan fingerprint density at radius 2 is 1.05 bits per heavy atom. The van der Waals surface area contributed by atoms with E-state index in [1.54, 1.807) is 0 Å². The fourth-order valence-corrected chi connectivity index (χ4v) is 0.771. The zero-order valence-electron chi connectivity index (χ0n) is 11.8. The van der Waals surface area contributed by atoms with Gasteiger partial charge in [-0.3, -0.25) is 14.4 Å². The molecule has 0 aliphatic heterocycles. The summed E-state index contributed by atoms with van der Waals surface area (Å²) in [6.07, 6.45) is -0.754. The van der Waals surface area contributed by atoms with Crippen LogP contribution in [0.5, 0.6) is 0 Å². The Kier molecular flexibility index (Phi) is 11.4. The van der Waals surface area contributed by atoms with Crippen molar-refractivity contribution >= 4 is 23.7 Å². The van der Waals surface area contributed by atoms with Gasteiger partial charge in [0.15, 0.2) is 6.10 Å². The second kappa shape index (κ2) is 11.2. The lowest BCUT2D eigenvalue weighted by Crippen LogP contribution is -2.29. The van der Waals surface area contributed by atoms with Crippen molar-refractivity contribution in [2.75, 3.05) is 13.2 Å². The molecule has 0 aromatic carbocycles. The lowest BCUT2D eigenvalue weighted by atomic mass is 10.4. The second-order valence-electron chi connectivity index (χ2n) is 3.74. The Labute approximate surface area is 112 Å². The van der Waals surface area contributed by atoms with Crippen molar-refractivity contribution in [3.63, 3.8) is 0 Å². The van der Waals surface area contributed by atoms with Crippen molar-refractivity contribution in [2.45, 2.75) is 40.7 Å². The maximum atomic E-state index is 10.6. The van der Waals surface area contributed by atoms with Crippen LogP contribution in [0.15, 0.2) is 0 Å². The van der Waals surface area contributed by atoms with Crippen LogP contribution < -0.4 is 0 Å². The lowest BCUT2D eigenvalue weighted by molar-refractivity contribution is -0.163. The smallest absolute Gasteiger partial charge is 0.303 e. The number of hydrogen-bond donors (Lipinski definition) is 0. The minimum atomic E-state index is -0.754. The van der Waals surface area contributed by atoms with Gasteiger partial charge in [-0.15, -0.1) is 0 Å². The maximum absolute atomic E-state index is 10.6. The average Bonchev–Trinajstić information content (AvgIpc) is 2.20. The molecular formula is C12H20O7. The predicted molar refractivity (Wildman–Crippen MR) is 65.2 cm³/mol. The summed E-state index contributed by atoms with van der Waals surface area (Å²) < 4.78 is 14.0. The molecule has 0 N–H and O–H groups in total. The summed E-state index contributed by atoms with van der Waals surface area (Å²) >= 11 is 0. The van der Waals surface area contributed by atoms with Gasteiger partial charge in [-0.2, -0.15) is 0 Å². The molecule has 0 radical (unpaired) electrons. The van der Waals surface area contributed by atoms with Crippen molar-refractivity contribution in [3.05, 3.63) is 0 Å². The van der Waals surface area contributed by atoms with Crippen LogP contribution in [0.1, 0.15) is 34.6 Å². The summed E-state index contributed by atoms with van der Waals surface area (Å²) in [6, 6.07) is 0. The Morgan fingerprint density at radius 1 is 0.737 bits per heavy atom. The van der Waals surface area contributed by atoms with E-state index in [-0.39, 0.29) is 19.0 Å². The summed E-state index contributed by atoms with van der Waals surface area (Å²) in [7, 11) is 0. The molecule has 0 spiro atoms. The van der Waals surface area contributed by atoms with Crippen LogP contribution in [0.4, 0.5) is 0 Å². The molecule has 0 saturated carbocycles. The summed E-state index contributed by atoms with van der Waals surface area (Å²) in [5.74, 6) is -1.34. The summed E-state index contributed by atoms with van der Waals surface area (Å²) in [6.45, 7) is 6.49. The number of hydrogen-bond acceptors (Lipinski definition) is 7.